The molecule has 0 radical (unpaired) electrons. The van der Waals surface area contributed by atoms with Crippen LogP contribution in [0.5, 0.6) is 0 Å². The number of rotatable bonds is 6. The Morgan fingerprint density at radius 1 is 1.17 bits per heavy atom. The molecule has 29 heavy (non-hydrogen) atoms. The van der Waals surface area contributed by atoms with E-state index in [0.717, 1.165) is 23.4 Å². The summed E-state index contributed by atoms with van der Waals surface area (Å²) in [5, 5.41) is 2.82. The molecular weight excluding hydrogens is 373 g/mol. The van der Waals surface area contributed by atoms with Crippen LogP contribution in [0.15, 0.2) is 42.5 Å². The van der Waals surface area contributed by atoms with Gasteiger partial charge in [0, 0.05) is 18.7 Å². The number of nitrogens with one attached hydrogen (secondary N) is 1. The topological polar surface area (TPSA) is 64.2 Å². The van der Waals surface area contributed by atoms with Gasteiger partial charge in [0.25, 0.3) is 11.7 Å². The van der Waals surface area contributed by atoms with Gasteiger partial charge in [0.2, 0.25) is 0 Å². The second-order valence-electron chi connectivity index (χ2n) is 6.76. The number of imidazole rings is 1. The molecule has 0 aliphatic heterocycles. The molecule has 1 amide bonds. The molecule has 3 aromatic rings. The Morgan fingerprint density at radius 2 is 1.86 bits per heavy atom. The van der Waals surface area contributed by atoms with E-state index in [1.807, 2.05) is 24.5 Å². The number of carbonyl (C=O) groups is 2. The number of aromatic nitrogens is 2. The first kappa shape index (κ1) is 20.5. The van der Waals surface area contributed by atoms with Gasteiger partial charge in [0.1, 0.15) is 5.82 Å². The molecule has 6 nitrogen and oxygen atoms in total. The maximum absolute atomic E-state index is 13.1. The van der Waals surface area contributed by atoms with E-state index in [0.29, 0.717) is 17.9 Å². The molecule has 0 saturated heterocycles. The minimum absolute atomic E-state index is 0.235. The number of aryl methyl sites for hydroxylation is 1. The van der Waals surface area contributed by atoms with Gasteiger partial charge in [-0.2, -0.15) is 0 Å². The summed E-state index contributed by atoms with van der Waals surface area (Å²) in [6.07, 6.45) is 0. The molecule has 0 spiro atoms. The van der Waals surface area contributed by atoms with Crippen LogP contribution < -0.4 is 9.88 Å². The maximum atomic E-state index is 13.1. The van der Waals surface area contributed by atoms with Crippen LogP contribution in [0.2, 0.25) is 0 Å². The van der Waals surface area contributed by atoms with E-state index in [9.17, 15) is 14.0 Å². The van der Waals surface area contributed by atoms with Crippen molar-refractivity contribution in [3.63, 3.8) is 0 Å². The number of nitrogens with zero attached hydrogens (tertiary/aromatic N) is 2. The van der Waals surface area contributed by atoms with Crippen LogP contribution in [0.1, 0.15) is 43.0 Å². The smallest absolute Gasteiger partial charge is 0.338 e. The van der Waals surface area contributed by atoms with Crippen LogP contribution in [0.25, 0.3) is 11.0 Å². The third-order valence-corrected chi connectivity index (χ3v) is 4.97. The van der Waals surface area contributed by atoms with Crippen molar-refractivity contribution in [2.45, 2.75) is 40.3 Å². The van der Waals surface area contributed by atoms with E-state index < -0.39 is 12.0 Å². The van der Waals surface area contributed by atoms with Crippen LogP contribution in [0.4, 0.5) is 10.1 Å². The Kier molecular flexibility index (Phi) is 5.96. The zero-order chi connectivity index (χ0) is 21.1. The number of benzene rings is 2. The molecule has 7 heteroatoms. The molecule has 0 aliphatic rings. The van der Waals surface area contributed by atoms with Gasteiger partial charge in [0.05, 0.1) is 18.7 Å². The Labute approximate surface area is 168 Å². The standard InChI is InChI=1S/C22H24FN3O3/c1-5-25-15(4)26(14(3)21(27)24-18-10-8-17(23)9-11-18)20-13-16(7-12-19(20)25)22(28)29-6-2/h7-14H,5-6H2,1-4H3/p+1/t14-/m1/s1. The normalized spacial score (nSPS) is 12.0. The van der Waals surface area contributed by atoms with Crippen LogP contribution in [0, 0.1) is 12.7 Å². The number of halogens is 1. The summed E-state index contributed by atoms with van der Waals surface area (Å²) in [6.45, 7) is 8.54. The second kappa shape index (κ2) is 8.43. The monoisotopic (exact) mass is 398 g/mol. The number of hydrogen-bond donors (Lipinski definition) is 1. The highest BCUT2D eigenvalue weighted by atomic mass is 19.1. The van der Waals surface area contributed by atoms with E-state index in [2.05, 4.69) is 9.88 Å². The summed E-state index contributed by atoms with van der Waals surface area (Å²) in [6, 6.07) is 10.5. The number of esters is 1. The van der Waals surface area contributed by atoms with Gasteiger partial charge in [-0.15, -0.1) is 0 Å². The van der Waals surface area contributed by atoms with Crippen molar-refractivity contribution in [3.05, 3.63) is 59.7 Å². The first-order chi connectivity index (χ1) is 13.9. The van der Waals surface area contributed by atoms with Crippen LogP contribution in [0.3, 0.4) is 0 Å². The number of ether oxygens (including phenoxy) is 1. The highest BCUT2D eigenvalue weighted by Gasteiger charge is 2.30. The van der Waals surface area contributed by atoms with Crippen molar-refractivity contribution in [1.82, 2.24) is 4.57 Å². The zero-order valence-electron chi connectivity index (χ0n) is 17.0. The quantitative estimate of drug-likeness (QED) is 0.508. The summed E-state index contributed by atoms with van der Waals surface area (Å²) in [5.74, 6) is -0.100. The Bertz CT molecular complexity index is 1060. The van der Waals surface area contributed by atoms with Gasteiger partial charge in [-0.3, -0.25) is 4.79 Å². The Hall–Kier alpha value is -3.22. The highest BCUT2D eigenvalue weighted by Crippen LogP contribution is 2.23. The van der Waals surface area contributed by atoms with E-state index in [-0.39, 0.29) is 11.7 Å². The molecule has 152 valence electrons. The van der Waals surface area contributed by atoms with E-state index in [1.54, 1.807) is 26.0 Å². The molecule has 0 aliphatic carbocycles. The number of hydrogen-bond acceptors (Lipinski definition) is 3. The van der Waals surface area contributed by atoms with E-state index in [4.69, 9.17) is 4.74 Å². The van der Waals surface area contributed by atoms with Crippen LogP contribution >= 0.6 is 0 Å². The molecular formula is C22H25FN3O3+. The van der Waals surface area contributed by atoms with Crippen LogP contribution in [-0.4, -0.2) is 23.1 Å². The molecule has 3 rings (SSSR count). The molecule has 2 aromatic carbocycles. The molecule has 1 atom stereocenters. The van der Waals surface area contributed by atoms with Crippen molar-refractivity contribution < 1.29 is 23.3 Å². The highest BCUT2D eigenvalue weighted by molar-refractivity contribution is 5.96. The van der Waals surface area contributed by atoms with Gasteiger partial charge < -0.3 is 10.1 Å². The summed E-state index contributed by atoms with van der Waals surface area (Å²) < 4.78 is 22.2. The van der Waals surface area contributed by atoms with Gasteiger partial charge in [0.15, 0.2) is 17.1 Å². The third-order valence-electron chi connectivity index (χ3n) is 4.97. The molecule has 0 unspecified atom stereocenters. The molecule has 0 bridgehead atoms. The van der Waals surface area contributed by atoms with Crippen molar-refractivity contribution in [3.8, 4) is 0 Å². The second-order valence-corrected chi connectivity index (χ2v) is 6.76. The van der Waals surface area contributed by atoms with Gasteiger partial charge in [-0.25, -0.2) is 18.3 Å². The fourth-order valence-corrected chi connectivity index (χ4v) is 3.55. The van der Waals surface area contributed by atoms with Crippen molar-refractivity contribution in [2.75, 3.05) is 11.9 Å². The summed E-state index contributed by atoms with van der Waals surface area (Å²) >= 11 is 0. The predicted molar refractivity (Wildman–Crippen MR) is 108 cm³/mol. The fourth-order valence-electron chi connectivity index (χ4n) is 3.55. The zero-order valence-corrected chi connectivity index (χ0v) is 17.0. The average molecular weight is 398 g/mol. The first-order valence-corrected chi connectivity index (χ1v) is 9.65. The van der Waals surface area contributed by atoms with Crippen LogP contribution in [-0.2, 0) is 16.1 Å². The largest absolute Gasteiger partial charge is 0.462 e. The van der Waals surface area contributed by atoms with Gasteiger partial charge in [-0.05, 0) is 57.2 Å². The lowest BCUT2D eigenvalue weighted by atomic mass is 10.2. The minimum atomic E-state index is -0.548. The predicted octanol–water partition coefficient (Wildman–Crippen LogP) is 3.77. The number of amides is 1. The first-order valence-electron chi connectivity index (χ1n) is 9.65. The number of fused-ring (bicyclic) bond motifs is 1. The average Bonchev–Trinajstić information content (AvgIpc) is 2.99. The van der Waals surface area contributed by atoms with E-state index in [1.165, 1.54) is 24.3 Å². The van der Waals surface area contributed by atoms with Crippen molar-refractivity contribution >= 4 is 28.6 Å². The molecule has 1 aromatic heterocycles. The lowest BCUT2D eigenvalue weighted by Crippen LogP contribution is -2.36. The lowest BCUT2D eigenvalue weighted by molar-refractivity contribution is -0.675. The van der Waals surface area contributed by atoms with Crippen molar-refractivity contribution in [1.29, 1.82) is 0 Å². The van der Waals surface area contributed by atoms with Crippen molar-refractivity contribution in [2.24, 2.45) is 0 Å². The third kappa shape index (κ3) is 3.99. The van der Waals surface area contributed by atoms with Gasteiger partial charge >= 0.3 is 5.97 Å². The number of anilines is 1. The fraction of sp³-hybridized carbons (Fsp3) is 0.318. The number of carbonyl (C=O) groups excluding carboxylic acids is 2. The minimum Gasteiger partial charge on any atom is -0.462 e. The van der Waals surface area contributed by atoms with E-state index >= 15 is 0 Å². The Balaban J connectivity index is 2.02. The molecule has 0 fully saturated rings. The summed E-state index contributed by atoms with van der Waals surface area (Å²) in [5.41, 5.74) is 2.66. The SMILES string of the molecule is CCOC(=O)c1ccc2c(c1)n([C@H](C)C(=O)Nc1ccc(F)cc1)c(C)[n+]2CC. The Morgan fingerprint density at radius 3 is 2.48 bits per heavy atom. The molecule has 0 saturated carbocycles. The lowest BCUT2D eigenvalue weighted by Gasteiger charge is -2.12. The molecule has 1 N–H and O–H groups in total. The molecule has 1 heterocycles. The maximum Gasteiger partial charge on any atom is 0.338 e. The summed E-state index contributed by atoms with van der Waals surface area (Å²) in [4.78, 5) is 25.1. The van der Waals surface area contributed by atoms with Gasteiger partial charge in [-0.1, -0.05) is 0 Å². The summed E-state index contributed by atoms with van der Waals surface area (Å²) in [7, 11) is 0.